The van der Waals surface area contributed by atoms with Crippen LogP contribution in [-0.4, -0.2) is 28.7 Å². The molecule has 1 atom stereocenters. The predicted molar refractivity (Wildman–Crippen MR) is 83.9 cm³/mol. The number of rotatable bonds is 5. The minimum atomic E-state index is -0.929. The van der Waals surface area contributed by atoms with Gasteiger partial charge in [-0.15, -0.1) is 0 Å². The number of hydrogen-bond donors (Lipinski definition) is 2. The molecule has 0 aliphatic carbocycles. The van der Waals surface area contributed by atoms with Gasteiger partial charge in [-0.25, -0.2) is 8.32 Å². The minimum Gasteiger partial charge on any atom is -0.480 e. The van der Waals surface area contributed by atoms with Crippen molar-refractivity contribution in [3.63, 3.8) is 0 Å². The van der Waals surface area contributed by atoms with Crippen LogP contribution in [-0.2, 0) is 16.0 Å². The van der Waals surface area contributed by atoms with E-state index in [9.17, 15) is 9.59 Å². The van der Waals surface area contributed by atoms with E-state index in [0.717, 1.165) is 5.56 Å². The van der Waals surface area contributed by atoms with E-state index >= 15 is 0 Å². The maximum Gasteiger partial charge on any atom is 0.338 e. The molecule has 2 N–H and O–H groups in total. The van der Waals surface area contributed by atoms with Crippen LogP contribution in [0.15, 0.2) is 24.3 Å². The molecule has 1 aromatic carbocycles. The molecule has 5 nitrogen and oxygen atoms in total. The summed E-state index contributed by atoms with van der Waals surface area (Å²) in [5, 5.41) is 9.01. The van der Waals surface area contributed by atoms with Crippen molar-refractivity contribution in [2.75, 3.05) is 0 Å². The fraction of sp³-hybridized carbons (Fsp3) is 0.429. The summed E-state index contributed by atoms with van der Waals surface area (Å²) in [7, 11) is 0. The molecule has 0 aliphatic heterocycles. The van der Waals surface area contributed by atoms with Crippen LogP contribution in [0.1, 0.15) is 36.7 Å². The monoisotopic (exact) mass is 391 g/mol. The molecule has 0 bridgehead atoms. The smallest absolute Gasteiger partial charge is 0.338 e. The van der Waals surface area contributed by atoms with Gasteiger partial charge in [-0.1, -0.05) is 12.1 Å². The summed E-state index contributed by atoms with van der Waals surface area (Å²) in [6.45, 7) is 5.40. The molecule has 0 heterocycles. The Morgan fingerprint density at radius 1 is 1.40 bits per heavy atom. The Kier molecular flexibility index (Phi) is 5.94. The van der Waals surface area contributed by atoms with E-state index in [4.69, 9.17) is 9.84 Å². The van der Waals surface area contributed by atoms with Gasteiger partial charge in [0.25, 0.3) is 0 Å². The molecule has 1 aromatic rings. The molecule has 0 radical (unpaired) electrons. The second-order valence-corrected chi connectivity index (χ2v) is 6.03. The first-order valence-electron chi connectivity index (χ1n) is 6.14. The van der Waals surface area contributed by atoms with Crippen molar-refractivity contribution in [1.29, 1.82) is 0 Å². The Morgan fingerprint density at radius 3 is 2.55 bits per heavy atom. The van der Waals surface area contributed by atoms with Crippen molar-refractivity contribution in [2.24, 2.45) is 0 Å². The van der Waals surface area contributed by atoms with Gasteiger partial charge in [0.1, 0.15) is 11.6 Å². The molecule has 0 saturated heterocycles. The van der Waals surface area contributed by atoms with E-state index in [-0.39, 0.29) is 0 Å². The molecule has 0 spiro atoms. The first-order chi connectivity index (χ1) is 9.23. The first kappa shape index (κ1) is 16.9. The third kappa shape index (κ3) is 5.46. The summed E-state index contributed by atoms with van der Waals surface area (Å²) in [5.41, 5.74) is 0.639. The molecule has 0 fully saturated rings. The van der Waals surface area contributed by atoms with Gasteiger partial charge >= 0.3 is 11.9 Å². The number of aliphatic carboxylic acids is 1. The summed E-state index contributed by atoms with van der Waals surface area (Å²) >= 11 is 1.81. The van der Waals surface area contributed by atoms with Crippen molar-refractivity contribution in [2.45, 2.75) is 38.8 Å². The highest BCUT2D eigenvalue weighted by Crippen LogP contribution is 2.14. The topological polar surface area (TPSA) is 75.6 Å². The van der Waals surface area contributed by atoms with Gasteiger partial charge in [-0.2, -0.15) is 0 Å². The van der Waals surface area contributed by atoms with E-state index in [1.807, 2.05) is 22.9 Å². The lowest BCUT2D eigenvalue weighted by Gasteiger charge is -2.19. The SMILES string of the molecule is CC(C)(C)OC(=O)c1cccc(C[C@H](NI)C(=O)O)c1. The second kappa shape index (κ2) is 7.03. The standard InChI is InChI=1S/C14H18INO4/c1-14(2,3)20-13(19)10-6-4-5-9(7-10)8-11(16-15)12(17)18/h4-7,11,16H,8H2,1-3H3,(H,17,18)/t11-/m0/s1. The van der Waals surface area contributed by atoms with E-state index < -0.39 is 23.6 Å². The molecular formula is C14H18INO4. The predicted octanol–water partition coefficient (Wildman–Crippen LogP) is 2.58. The van der Waals surface area contributed by atoms with Crippen LogP contribution < -0.4 is 3.53 Å². The number of carbonyl (C=O) groups excluding carboxylic acids is 1. The Labute approximate surface area is 132 Å². The zero-order chi connectivity index (χ0) is 15.3. The maximum absolute atomic E-state index is 11.9. The lowest BCUT2D eigenvalue weighted by molar-refractivity contribution is -0.138. The van der Waals surface area contributed by atoms with Crippen LogP contribution in [0.3, 0.4) is 0 Å². The molecule has 1 rings (SSSR count). The largest absolute Gasteiger partial charge is 0.480 e. The fourth-order valence-electron chi connectivity index (χ4n) is 1.57. The van der Waals surface area contributed by atoms with Gasteiger partial charge < -0.3 is 9.84 Å². The van der Waals surface area contributed by atoms with Gasteiger partial charge in [0.05, 0.1) is 5.56 Å². The number of nitrogens with one attached hydrogen (secondary N) is 1. The average molecular weight is 391 g/mol. The number of carbonyl (C=O) groups is 2. The normalized spacial score (nSPS) is 12.8. The lowest BCUT2D eigenvalue weighted by atomic mass is 10.0. The van der Waals surface area contributed by atoms with Crippen LogP contribution in [0.25, 0.3) is 0 Å². The summed E-state index contributed by atoms with van der Waals surface area (Å²) in [6, 6.07) is 6.14. The Morgan fingerprint density at radius 2 is 2.05 bits per heavy atom. The fourth-order valence-corrected chi connectivity index (χ4v) is 2.06. The molecule has 0 unspecified atom stereocenters. The number of esters is 1. The number of carboxylic acids is 1. The minimum absolute atomic E-state index is 0.301. The van der Waals surface area contributed by atoms with Crippen LogP contribution in [0, 0.1) is 0 Å². The quantitative estimate of drug-likeness (QED) is 0.459. The van der Waals surface area contributed by atoms with E-state index in [1.54, 1.807) is 45.0 Å². The maximum atomic E-state index is 11.9. The molecule has 110 valence electrons. The third-order valence-electron chi connectivity index (χ3n) is 2.43. The van der Waals surface area contributed by atoms with Gasteiger partial charge in [0, 0.05) is 22.9 Å². The first-order valence-corrected chi connectivity index (χ1v) is 7.22. The molecule has 0 aromatic heterocycles. The summed E-state index contributed by atoms with van der Waals surface area (Å²) in [5.74, 6) is -1.34. The molecule has 6 heteroatoms. The zero-order valence-corrected chi connectivity index (χ0v) is 13.8. The number of benzene rings is 1. The summed E-state index contributed by atoms with van der Waals surface area (Å²) in [6.07, 6.45) is 0.301. The second-order valence-electron chi connectivity index (χ2n) is 5.41. The average Bonchev–Trinajstić information content (AvgIpc) is 2.34. The van der Waals surface area contributed by atoms with E-state index in [1.165, 1.54) is 0 Å². The number of carboxylic acid groups (broad SMARTS) is 1. The number of halogens is 1. The summed E-state index contributed by atoms with van der Waals surface area (Å²) in [4.78, 5) is 22.9. The zero-order valence-electron chi connectivity index (χ0n) is 11.6. The Bertz CT molecular complexity index is 496. The molecule has 0 amide bonds. The number of ether oxygens (including phenoxy) is 1. The Balaban J connectivity index is 2.85. The highest BCUT2D eigenvalue weighted by molar-refractivity contribution is 14.1. The van der Waals surface area contributed by atoms with Crippen molar-refractivity contribution < 1.29 is 19.4 Å². The molecule has 20 heavy (non-hydrogen) atoms. The van der Waals surface area contributed by atoms with Gasteiger partial charge in [0.2, 0.25) is 0 Å². The Hall–Kier alpha value is -1.15. The molecular weight excluding hydrogens is 373 g/mol. The lowest BCUT2D eigenvalue weighted by Crippen LogP contribution is -2.32. The van der Waals surface area contributed by atoms with Crippen LogP contribution >= 0.6 is 22.9 Å². The number of hydrogen-bond acceptors (Lipinski definition) is 4. The highest BCUT2D eigenvalue weighted by atomic mass is 127. The molecule has 0 saturated carbocycles. The van der Waals surface area contributed by atoms with E-state index in [0.29, 0.717) is 12.0 Å². The van der Waals surface area contributed by atoms with E-state index in [2.05, 4.69) is 3.53 Å². The van der Waals surface area contributed by atoms with Gasteiger partial charge in [0.15, 0.2) is 0 Å². The van der Waals surface area contributed by atoms with Gasteiger partial charge in [-0.05, 0) is 44.9 Å². The van der Waals surface area contributed by atoms with Crippen LogP contribution in [0.2, 0.25) is 0 Å². The van der Waals surface area contributed by atoms with Crippen LogP contribution in [0.5, 0.6) is 0 Å². The van der Waals surface area contributed by atoms with Crippen LogP contribution in [0.4, 0.5) is 0 Å². The van der Waals surface area contributed by atoms with Crippen molar-refractivity contribution in [1.82, 2.24) is 3.53 Å². The van der Waals surface area contributed by atoms with Gasteiger partial charge in [-0.3, -0.25) is 4.79 Å². The van der Waals surface area contributed by atoms with Crippen molar-refractivity contribution in [3.05, 3.63) is 35.4 Å². The molecule has 0 aliphatic rings. The van der Waals surface area contributed by atoms with Crippen molar-refractivity contribution >= 4 is 34.8 Å². The highest BCUT2D eigenvalue weighted by Gasteiger charge is 2.20. The summed E-state index contributed by atoms with van der Waals surface area (Å²) < 4.78 is 7.98. The van der Waals surface area contributed by atoms with Crippen molar-refractivity contribution in [3.8, 4) is 0 Å². The third-order valence-corrected chi connectivity index (χ3v) is 3.18.